The van der Waals surface area contributed by atoms with E-state index in [1.54, 1.807) is 31.2 Å². The van der Waals surface area contributed by atoms with Crippen molar-refractivity contribution >= 4 is 21.4 Å². The van der Waals surface area contributed by atoms with Crippen LogP contribution in [0.2, 0.25) is 0 Å². The third-order valence-electron chi connectivity index (χ3n) is 2.51. The number of sulfonamides is 1. The van der Waals surface area contributed by atoms with Crippen molar-refractivity contribution in [2.45, 2.75) is 24.3 Å². The fraction of sp³-hybridized carbons (Fsp3) is 0.250. The lowest BCUT2D eigenvalue weighted by Crippen LogP contribution is -2.22. The smallest absolute Gasteiger partial charge is 0.251 e. The standard InChI is InChI=1S/C12H14N2O3S2/c1-9-13-7-12(18-9)19(16,17)14-6-10-3-2-4-11(5-10)8-15/h2-5,7,14-15H,6,8H2,1H3. The van der Waals surface area contributed by atoms with Crippen molar-refractivity contribution < 1.29 is 13.5 Å². The van der Waals surface area contributed by atoms with E-state index in [9.17, 15) is 8.42 Å². The van der Waals surface area contributed by atoms with Crippen LogP contribution in [-0.4, -0.2) is 18.5 Å². The van der Waals surface area contributed by atoms with Gasteiger partial charge in [-0.3, -0.25) is 0 Å². The number of benzene rings is 1. The monoisotopic (exact) mass is 298 g/mol. The molecular weight excluding hydrogens is 284 g/mol. The van der Waals surface area contributed by atoms with Crippen molar-refractivity contribution in [3.05, 3.63) is 46.6 Å². The van der Waals surface area contributed by atoms with Crippen molar-refractivity contribution in [1.82, 2.24) is 9.71 Å². The lowest BCUT2D eigenvalue weighted by atomic mass is 10.1. The van der Waals surface area contributed by atoms with Crippen LogP contribution in [0.25, 0.3) is 0 Å². The first kappa shape index (κ1) is 14.1. The number of nitrogens with zero attached hydrogens (tertiary/aromatic N) is 1. The molecule has 0 radical (unpaired) electrons. The van der Waals surface area contributed by atoms with Gasteiger partial charge in [-0.15, -0.1) is 11.3 Å². The quantitative estimate of drug-likeness (QED) is 0.875. The van der Waals surface area contributed by atoms with Gasteiger partial charge in [0.25, 0.3) is 10.0 Å². The fourth-order valence-corrected chi connectivity index (χ4v) is 3.72. The summed E-state index contributed by atoms with van der Waals surface area (Å²) >= 11 is 1.14. The van der Waals surface area contributed by atoms with Crippen molar-refractivity contribution in [3.63, 3.8) is 0 Å². The molecular formula is C12H14N2O3S2. The summed E-state index contributed by atoms with van der Waals surface area (Å²) in [6.07, 6.45) is 1.35. The molecule has 5 nitrogen and oxygen atoms in total. The second kappa shape index (κ2) is 5.79. The Kier molecular flexibility index (Phi) is 4.31. The predicted molar refractivity (Wildman–Crippen MR) is 73.2 cm³/mol. The Morgan fingerprint density at radius 2 is 2.11 bits per heavy atom. The Morgan fingerprint density at radius 3 is 2.74 bits per heavy atom. The molecule has 2 N–H and O–H groups in total. The lowest BCUT2D eigenvalue weighted by molar-refractivity contribution is 0.281. The summed E-state index contributed by atoms with van der Waals surface area (Å²) < 4.78 is 26.7. The highest BCUT2D eigenvalue weighted by Crippen LogP contribution is 2.17. The van der Waals surface area contributed by atoms with E-state index in [0.717, 1.165) is 22.5 Å². The minimum Gasteiger partial charge on any atom is -0.392 e. The first-order valence-electron chi connectivity index (χ1n) is 5.62. The number of hydrogen-bond acceptors (Lipinski definition) is 5. The van der Waals surface area contributed by atoms with Gasteiger partial charge >= 0.3 is 0 Å². The molecule has 0 spiro atoms. The molecule has 0 bridgehead atoms. The molecule has 0 saturated carbocycles. The minimum atomic E-state index is -3.51. The van der Waals surface area contributed by atoms with Crippen molar-refractivity contribution in [2.75, 3.05) is 0 Å². The Hall–Kier alpha value is -1.28. The van der Waals surface area contributed by atoms with E-state index in [1.165, 1.54) is 6.20 Å². The summed E-state index contributed by atoms with van der Waals surface area (Å²) in [4.78, 5) is 3.93. The minimum absolute atomic E-state index is 0.0609. The largest absolute Gasteiger partial charge is 0.392 e. The van der Waals surface area contributed by atoms with E-state index in [2.05, 4.69) is 9.71 Å². The van der Waals surface area contributed by atoms with Crippen molar-refractivity contribution in [1.29, 1.82) is 0 Å². The molecule has 19 heavy (non-hydrogen) atoms. The highest BCUT2D eigenvalue weighted by molar-refractivity contribution is 7.91. The Morgan fingerprint density at radius 1 is 1.37 bits per heavy atom. The van der Waals surface area contributed by atoms with Gasteiger partial charge in [0.05, 0.1) is 17.8 Å². The number of aromatic nitrogens is 1. The molecule has 7 heteroatoms. The van der Waals surface area contributed by atoms with E-state index in [0.29, 0.717) is 5.01 Å². The van der Waals surface area contributed by atoms with Gasteiger partial charge in [0.2, 0.25) is 0 Å². The third kappa shape index (κ3) is 3.60. The van der Waals surface area contributed by atoms with Crippen LogP contribution < -0.4 is 4.72 Å². The summed E-state index contributed by atoms with van der Waals surface area (Å²) in [7, 11) is -3.51. The van der Waals surface area contributed by atoms with Crippen LogP contribution in [0.3, 0.4) is 0 Å². The average molecular weight is 298 g/mol. The van der Waals surface area contributed by atoms with E-state index in [1.807, 2.05) is 0 Å². The predicted octanol–water partition coefficient (Wildman–Crippen LogP) is 1.42. The fourth-order valence-electron chi connectivity index (χ4n) is 1.55. The molecule has 1 aromatic carbocycles. The SMILES string of the molecule is Cc1ncc(S(=O)(=O)NCc2cccc(CO)c2)s1. The summed E-state index contributed by atoms with van der Waals surface area (Å²) in [6, 6.07) is 7.14. The first-order chi connectivity index (χ1) is 9.01. The van der Waals surface area contributed by atoms with Gasteiger partial charge in [0.1, 0.15) is 0 Å². The summed E-state index contributed by atoms with van der Waals surface area (Å²) in [5, 5.41) is 9.74. The number of hydrogen-bond donors (Lipinski definition) is 2. The number of aryl methyl sites for hydroxylation is 1. The van der Waals surface area contributed by atoms with E-state index < -0.39 is 10.0 Å². The molecule has 0 saturated heterocycles. The van der Waals surface area contributed by atoms with Gasteiger partial charge in [-0.25, -0.2) is 18.1 Å². The zero-order valence-electron chi connectivity index (χ0n) is 10.3. The number of aliphatic hydroxyl groups is 1. The molecule has 0 fully saturated rings. The van der Waals surface area contributed by atoms with Crippen LogP contribution >= 0.6 is 11.3 Å². The van der Waals surface area contributed by atoms with Crippen LogP contribution in [0, 0.1) is 6.92 Å². The second-order valence-corrected chi connectivity index (χ2v) is 7.23. The number of thiazole rings is 1. The summed E-state index contributed by atoms with van der Waals surface area (Å²) in [6.45, 7) is 1.89. The van der Waals surface area contributed by atoms with Crippen LogP contribution in [0.5, 0.6) is 0 Å². The summed E-state index contributed by atoms with van der Waals surface area (Å²) in [5.41, 5.74) is 1.56. The molecule has 0 amide bonds. The molecule has 0 aliphatic carbocycles. The molecule has 2 aromatic rings. The van der Waals surface area contributed by atoms with Crippen molar-refractivity contribution in [3.8, 4) is 0 Å². The van der Waals surface area contributed by atoms with Gasteiger partial charge in [-0.05, 0) is 18.1 Å². The number of nitrogens with one attached hydrogen (secondary N) is 1. The molecule has 0 atom stereocenters. The molecule has 1 aromatic heterocycles. The van der Waals surface area contributed by atoms with Crippen LogP contribution in [-0.2, 0) is 23.2 Å². The van der Waals surface area contributed by atoms with Gasteiger partial charge < -0.3 is 5.11 Å². The molecule has 0 aliphatic heterocycles. The number of aliphatic hydroxyl groups excluding tert-OH is 1. The van der Waals surface area contributed by atoms with E-state index >= 15 is 0 Å². The topological polar surface area (TPSA) is 79.3 Å². The number of rotatable bonds is 5. The summed E-state index contributed by atoms with van der Waals surface area (Å²) in [5.74, 6) is 0. The Labute approximate surface area is 116 Å². The van der Waals surface area contributed by atoms with Crippen molar-refractivity contribution in [2.24, 2.45) is 0 Å². The highest BCUT2D eigenvalue weighted by atomic mass is 32.2. The maximum absolute atomic E-state index is 12.0. The van der Waals surface area contributed by atoms with Gasteiger partial charge in [0.15, 0.2) is 4.21 Å². The molecule has 2 rings (SSSR count). The first-order valence-corrected chi connectivity index (χ1v) is 7.92. The maximum Gasteiger partial charge on any atom is 0.251 e. The highest BCUT2D eigenvalue weighted by Gasteiger charge is 2.16. The third-order valence-corrected chi connectivity index (χ3v) is 5.28. The Balaban J connectivity index is 2.09. The molecule has 0 aliphatic rings. The Bertz CT molecular complexity index is 665. The molecule has 1 heterocycles. The maximum atomic E-state index is 12.0. The van der Waals surface area contributed by atoms with Gasteiger partial charge in [-0.1, -0.05) is 24.3 Å². The molecule has 102 valence electrons. The zero-order valence-corrected chi connectivity index (χ0v) is 12.0. The van der Waals surface area contributed by atoms with E-state index in [-0.39, 0.29) is 17.4 Å². The van der Waals surface area contributed by atoms with E-state index in [4.69, 9.17) is 5.11 Å². The zero-order chi connectivity index (χ0) is 13.9. The van der Waals surface area contributed by atoms with Gasteiger partial charge in [-0.2, -0.15) is 0 Å². The molecule has 0 unspecified atom stereocenters. The van der Waals surface area contributed by atoms with Gasteiger partial charge in [0, 0.05) is 6.54 Å². The second-order valence-electron chi connectivity index (χ2n) is 4.00. The normalized spacial score (nSPS) is 11.7. The van der Waals surface area contributed by atoms with Crippen LogP contribution in [0.1, 0.15) is 16.1 Å². The lowest BCUT2D eigenvalue weighted by Gasteiger charge is -2.05. The van der Waals surface area contributed by atoms with Crippen LogP contribution in [0.4, 0.5) is 0 Å². The average Bonchev–Trinajstić information content (AvgIpc) is 2.84. The van der Waals surface area contributed by atoms with Crippen LogP contribution in [0.15, 0.2) is 34.7 Å².